The fourth-order valence-corrected chi connectivity index (χ4v) is 5.27. The van der Waals surface area contributed by atoms with Crippen molar-refractivity contribution in [3.63, 3.8) is 0 Å². The Morgan fingerprint density at radius 3 is 2.63 bits per heavy atom. The van der Waals surface area contributed by atoms with Crippen LogP contribution >= 0.6 is 7.75 Å². The minimum atomic E-state index is -4.65. The summed E-state index contributed by atoms with van der Waals surface area (Å²) in [5.74, 6) is -5.94. The first-order valence-electron chi connectivity index (χ1n) is 12.5. The van der Waals surface area contributed by atoms with Gasteiger partial charge in [-0.25, -0.2) is 14.4 Å². The molecule has 43 heavy (non-hydrogen) atoms. The van der Waals surface area contributed by atoms with Crippen molar-refractivity contribution >= 4 is 25.4 Å². The van der Waals surface area contributed by atoms with Gasteiger partial charge in [0.05, 0.1) is 12.7 Å². The summed E-state index contributed by atoms with van der Waals surface area (Å²) in [4.78, 5) is 38.1. The number of nitrogens with zero attached hydrogens (tertiary/aromatic N) is 3. The number of nitro groups is 1. The first-order chi connectivity index (χ1) is 20.3. The van der Waals surface area contributed by atoms with Gasteiger partial charge in [0.1, 0.15) is 41.9 Å². The van der Waals surface area contributed by atoms with E-state index in [1.165, 1.54) is 6.92 Å². The van der Waals surface area contributed by atoms with Gasteiger partial charge in [-0.1, -0.05) is 30.3 Å². The Hall–Kier alpha value is -4.06. The van der Waals surface area contributed by atoms with Crippen molar-refractivity contribution < 1.29 is 51.1 Å². The van der Waals surface area contributed by atoms with Gasteiger partial charge in [0, 0.05) is 6.20 Å². The third-order valence-corrected chi connectivity index (χ3v) is 7.69. The van der Waals surface area contributed by atoms with Gasteiger partial charge in [-0.3, -0.25) is 28.5 Å². The molecular weight excluding hydrogens is 603 g/mol. The van der Waals surface area contributed by atoms with E-state index in [1.54, 1.807) is 30.3 Å². The molecule has 232 valence electrons. The molecule has 0 bridgehead atoms. The number of nitrogens with one attached hydrogen (secondary N) is 1. The molecule has 16 nitrogen and oxygen atoms in total. The van der Waals surface area contributed by atoms with Crippen molar-refractivity contribution in [1.82, 2.24) is 14.6 Å². The lowest BCUT2D eigenvalue weighted by molar-refractivity contribution is -0.402. The smallest absolute Gasteiger partial charge is 0.433 e. The molecule has 0 saturated carbocycles. The Kier molecular flexibility index (Phi) is 9.69. The molecule has 3 heterocycles. The van der Waals surface area contributed by atoms with Crippen LogP contribution in [0.5, 0.6) is 0 Å². The fourth-order valence-electron chi connectivity index (χ4n) is 3.83. The minimum Gasteiger partial charge on any atom is -0.460 e. The third kappa shape index (κ3) is 7.67. The van der Waals surface area contributed by atoms with Crippen LogP contribution in [0.1, 0.15) is 24.5 Å². The maximum absolute atomic E-state index is 14.9. The van der Waals surface area contributed by atoms with Crippen molar-refractivity contribution in [3.8, 4) is 0 Å². The zero-order valence-electron chi connectivity index (χ0n) is 22.3. The maximum Gasteiger partial charge on any atom is 0.433 e. The monoisotopic (exact) mass is 629 g/mol. The maximum atomic E-state index is 14.9. The van der Waals surface area contributed by atoms with Crippen LogP contribution in [0.4, 0.5) is 20.5 Å². The molecule has 0 aliphatic carbocycles. The van der Waals surface area contributed by atoms with Crippen LogP contribution in [0.3, 0.4) is 0 Å². The first-order valence-corrected chi connectivity index (χ1v) is 14.0. The van der Waals surface area contributed by atoms with E-state index in [9.17, 15) is 38.2 Å². The molecule has 1 aliphatic heterocycles. The average molecular weight is 629 g/mol. The van der Waals surface area contributed by atoms with Crippen LogP contribution in [0.15, 0.2) is 63.9 Å². The van der Waals surface area contributed by atoms with Crippen LogP contribution in [0.25, 0.3) is 0 Å². The summed E-state index contributed by atoms with van der Waals surface area (Å²) < 4.78 is 69.8. The summed E-state index contributed by atoms with van der Waals surface area (Å²) >= 11 is 0. The summed E-state index contributed by atoms with van der Waals surface area (Å²) in [7, 11) is -4.65. The Bertz CT molecular complexity index is 1550. The molecule has 3 aromatic rings. The molecule has 1 saturated heterocycles. The molecule has 1 unspecified atom stereocenters. The molecule has 0 radical (unpaired) electrons. The van der Waals surface area contributed by atoms with Crippen molar-refractivity contribution in [2.75, 3.05) is 12.3 Å². The van der Waals surface area contributed by atoms with E-state index in [-0.39, 0.29) is 18.2 Å². The topological polar surface area (TPSA) is 221 Å². The minimum absolute atomic E-state index is 0.119. The van der Waals surface area contributed by atoms with Gasteiger partial charge in [-0.15, -0.1) is 0 Å². The molecule has 1 aliphatic rings. The van der Waals surface area contributed by atoms with E-state index in [0.717, 1.165) is 24.4 Å². The quantitative estimate of drug-likeness (QED) is 0.107. The van der Waals surface area contributed by atoms with Gasteiger partial charge >= 0.3 is 31.2 Å². The van der Waals surface area contributed by atoms with Gasteiger partial charge in [-0.05, 0) is 24.6 Å². The van der Waals surface area contributed by atoms with Gasteiger partial charge < -0.3 is 24.7 Å². The normalized spacial score (nSPS) is 21.6. The molecule has 2 aromatic heterocycles. The van der Waals surface area contributed by atoms with E-state index >= 15 is 0 Å². The van der Waals surface area contributed by atoms with Gasteiger partial charge in [0.15, 0.2) is 6.10 Å². The van der Waals surface area contributed by atoms with Crippen LogP contribution in [-0.4, -0.2) is 56.3 Å². The number of aliphatic hydroxyl groups excluding tert-OH is 1. The van der Waals surface area contributed by atoms with Crippen molar-refractivity contribution in [3.05, 3.63) is 86.7 Å². The highest BCUT2D eigenvalue weighted by Crippen LogP contribution is 2.48. The zero-order chi connectivity index (χ0) is 31.4. The predicted octanol–water partition coefficient (Wildman–Crippen LogP) is 2.28. The van der Waals surface area contributed by atoms with Gasteiger partial charge in [0.2, 0.25) is 6.23 Å². The van der Waals surface area contributed by atoms with E-state index < -0.39 is 73.8 Å². The number of nitrogens with two attached hydrogens (primary N) is 1. The molecule has 5 atom stereocenters. The molecular formula is C24H26F2N5O11P. The second-order valence-corrected chi connectivity index (χ2v) is 11.0. The number of aliphatic hydroxyl groups is 1. The summed E-state index contributed by atoms with van der Waals surface area (Å²) in [6.45, 7) is -0.524. The van der Waals surface area contributed by atoms with Crippen molar-refractivity contribution in [2.45, 2.75) is 50.5 Å². The summed E-state index contributed by atoms with van der Waals surface area (Å²) in [5, 5.41) is 23.5. The molecule has 0 amide bonds. The van der Waals surface area contributed by atoms with Crippen LogP contribution in [0.2, 0.25) is 0 Å². The highest BCUT2D eigenvalue weighted by Gasteiger charge is 2.60. The lowest BCUT2D eigenvalue weighted by Crippen LogP contribution is -2.42. The summed E-state index contributed by atoms with van der Waals surface area (Å²) in [6, 6.07) is 10.5. The van der Waals surface area contributed by atoms with Crippen LogP contribution in [0, 0.1) is 10.1 Å². The number of hydrogen-bond acceptors (Lipinski definition) is 13. The van der Waals surface area contributed by atoms with E-state index in [0.29, 0.717) is 10.1 Å². The Morgan fingerprint density at radius 2 is 1.98 bits per heavy atom. The third-order valence-electron chi connectivity index (χ3n) is 6.03. The van der Waals surface area contributed by atoms with Gasteiger partial charge in [-0.2, -0.15) is 13.8 Å². The highest BCUT2D eigenvalue weighted by molar-refractivity contribution is 7.51. The Morgan fingerprint density at radius 1 is 1.26 bits per heavy atom. The number of anilines is 1. The molecule has 1 fully saturated rings. The number of aromatic nitrogens is 2. The van der Waals surface area contributed by atoms with Crippen molar-refractivity contribution in [2.24, 2.45) is 0 Å². The number of carbonyl (C=O) groups excluding carboxylic acids is 1. The highest BCUT2D eigenvalue weighted by atomic mass is 31.2. The zero-order valence-corrected chi connectivity index (χ0v) is 23.2. The number of alkyl halides is 2. The standard InChI is InChI=1S/C24H26F2N5O11P/c1-14(21(33)38-11-15-5-3-2-4-6-15)29-43(37,39-12-16-7-8-19(41-16)31(35)36)40-13-17-20(32)24(25,26)22(42-17)30-10-9-18(27)28-23(30)34/h2-10,14,17,20,22,32H,11-13H2,1H3,(H,29,37)(H2,27,28,34)/t14-,17+,20-,22+,43?/m0/s1. The summed E-state index contributed by atoms with van der Waals surface area (Å²) in [6.07, 6.45) is -5.81. The summed E-state index contributed by atoms with van der Waals surface area (Å²) in [5.41, 5.74) is 4.88. The first kappa shape index (κ1) is 31.9. The second-order valence-electron chi connectivity index (χ2n) is 9.20. The molecule has 19 heteroatoms. The SMILES string of the molecule is C[C@H](NP(=O)(OCc1ccc([N+](=O)[O-])o1)OC[C@H]1O[C@@H](n2ccc(N)nc2=O)C(F)(F)[C@H]1O)C(=O)OCc1ccccc1. The molecule has 1 aromatic carbocycles. The number of benzene rings is 1. The lowest BCUT2D eigenvalue weighted by Gasteiger charge is -2.24. The number of halogens is 2. The van der Waals surface area contributed by atoms with E-state index in [2.05, 4.69) is 10.1 Å². The fraction of sp³-hybridized carbons (Fsp3) is 0.375. The number of rotatable bonds is 13. The lowest BCUT2D eigenvalue weighted by atomic mass is 10.1. The number of carbonyl (C=O) groups is 1. The number of esters is 1. The molecule has 4 rings (SSSR count). The van der Waals surface area contributed by atoms with Crippen LogP contribution in [-0.2, 0) is 41.1 Å². The predicted molar refractivity (Wildman–Crippen MR) is 140 cm³/mol. The number of hydrogen-bond donors (Lipinski definition) is 3. The van der Waals surface area contributed by atoms with E-state index in [1.807, 2.05) is 0 Å². The number of furan rings is 1. The largest absolute Gasteiger partial charge is 0.460 e. The molecule has 4 N–H and O–H groups in total. The average Bonchev–Trinajstić information content (AvgIpc) is 3.53. The number of ether oxygens (including phenoxy) is 2. The van der Waals surface area contributed by atoms with Crippen LogP contribution < -0.4 is 16.5 Å². The van der Waals surface area contributed by atoms with Crippen molar-refractivity contribution in [1.29, 1.82) is 0 Å². The van der Waals surface area contributed by atoms with Gasteiger partial charge in [0.25, 0.3) is 0 Å². The Labute approximate surface area is 241 Å². The number of nitrogen functional groups attached to an aromatic ring is 1. The second kappa shape index (κ2) is 13.1. The molecule has 0 spiro atoms. The van der Waals surface area contributed by atoms with E-state index in [4.69, 9.17) is 28.7 Å². The Balaban J connectivity index is 1.47.